The fraction of sp³-hybridized carbons (Fsp3) is 1.00. The lowest BCUT2D eigenvalue weighted by Crippen LogP contribution is -2.30. The lowest BCUT2D eigenvalue weighted by atomic mass is 10.4. The average Bonchev–Trinajstić information content (AvgIpc) is 2.60. The Labute approximate surface area is 172 Å². The van der Waals surface area contributed by atoms with Crippen molar-refractivity contribution >= 4 is 0 Å². The van der Waals surface area contributed by atoms with Gasteiger partial charge in [-0.3, -0.25) is 0 Å². The largest absolute Gasteiger partial charge is 1.00 e. The van der Waals surface area contributed by atoms with Crippen molar-refractivity contribution in [3.8, 4) is 0 Å². The lowest BCUT2D eigenvalue weighted by molar-refractivity contribution is -0.803. The van der Waals surface area contributed by atoms with Crippen molar-refractivity contribution in [3.63, 3.8) is 0 Å². The van der Waals surface area contributed by atoms with E-state index in [-0.39, 0.29) is 6.90 Å². The van der Waals surface area contributed by atoms with Gasteiger partial charge in [-0.15, -0.1) is 60.7 Å². The van der Waals surface area contributed by atoms with E-state index in [1.54, 1.807) is 0 Å². The van der Waals surface area contributed by atoms with Crippen LogP contribution in [0.4, 0.5) is 0 Å². The second-order valence-corrected chi connectivity index (χ2v) is 3.88. The Morgan fingerprint density at radius 3 is 1.09 bits per heavy atom. The Bertz CT molecular complexity index is 582. The van der Waals surface area contributed by atoms with E-state index in [4.69, 9.17) is 20.4 Å². The van der Waals surface area contributed by atoms with E-state index in [0.717, 1.165) is 0 Å². The van der Waals surface area contributed by atoms with Crippen LogP contribution in [0, 0.1) is 60.7 Å². The molecule has 188 valence electrons. The molecule has 0 saturated carbocycles. The van der Waals surface area contributed by atoms with Crippen LogP contribution in [0.2, 0.25) is 0 Å². The van der Waals surface area contributed by atoms with Gasteiger partial charge in [-0.2, -0.15) is 0 Å². The molecular formula is C6H15N6O20+. The third-order valence-corrected chi connectivity index (χ3v) is 1.77. The van der Waals surface area contributed by atoms with Crippen LogP contribution in [0.1, 0.15) is 1.43 Å². The first kappa shape index (κ1) is 34.6. The molecule has 0 bridgehead atoms. The summed E-state index contributed by atoms with van der Waals surface area (Å²) in [5.41, 5.74) is 0. The van der Waals surface area contributed by atoms with Crippen LogP contribution < -0.4 is 0 Å². The van der Waals surface area contributed by atoms with E-state index in [2.05, 4.69) is 24.2 Å². The molecule has 0 aromatic heterocycles. The van der Waals surface area contributed by atoms with Gasteiger partial charge in [0.25, 0.3) is 30.5 Å². The van der Waals surface area contributed by atoms with Gasteiger partial charge in [0.15, 0.2) is 12.2 Å². The monoisotopic (exact) mass is 491 g/mol. The smallest absolute Gasteiger partial charge is 0.412 e. The van der Waals surface area contributed by atoms with Crippen molar-refractivity contribution in [2.45, 2.75) is 12.2 Å². The van der Waals surface area contributed by atoms with E-state index < -0.39 is 69.2 Å². The molecule has 26 heteroatoms. The normalized spacial score (nSPS) is 9.56. The summed E-state index contributed by atoms with van der Waals surface area (Å²) in [5, 5.41) is 64.5. The van der Waals surface area contributed by atoms with Crippen LogP contribution >= 0.6 is 0 Å². The molecule has 1 atom stereocenters. The molecule has 0 rings (SSSR count). The topological polar surface area (TPSA) is 377 Å². The second-order valence-electron chi connectivity index (χ2n) is 3.88. The first-order chi connectivity index (χ1) is 14.2. The highest BCUT2D eigenvalue weighted by Crippen LogP contribution is 1.96. The van der Waals surface area contributed by atoms with Crippen molar-refractivity contribution in [1.29, 1.82) is 0 Å². The van der Waals surface area contributed by atoms with E-state index in [1.807, 2.05) is 0 Å². The van der Waals surface area contributed by atoms with Gasteiger partial charge in [0.2, 0.25) is 0 Å². The molecule has 0 aliphatic rings. The highest BCUT2D eigenvalue weighted by Gasteiger charge is 2.17. The summed E-state index contributed by atoms with van der Waals surface area (Å²) in [6.07, 6.45) is -2.87. The van der Waals surface area contributed by atoms with E-state index in [0.29, 0.717) is 0 Å². The fourth-order valence-corrected chi connectivity index (χ4v) is 0.901. The van der Waals surface area contributed by atoms with Crippen LogP contribution in [0.3, 0.4) is 0 Å². The molecule has 0 fully saturated rings. The van der Waals surface area contributed by atoms with Gasteiger partial charge in [0.1, 0.15) is 19.8 Å². The quantitative estimate of drug-likeness (QED) is 0.177. The number of rotatable bonds is 14. The summed E-state index contributed by atoms with van der Waals surface area (Å²) in [4.78, 5) is 75.6. The zero-order valence-electron chi connectivity index (χ0n) is 16.0. The van der Waals surface area contributed by atoms with Gasteiger partial charge in [-0.05, 0) is 0 Å². The first-order valence-electron chi connectivity index (χ1n) is 6.59. The van der Waals surface area contributed by atoms with Gasteiger partial charge in [-0.25, -0.2) is 0 Å². The Hall–Kier alpha value is -4.88. The molecule has 26 nitrogen and oxygen atoms in total. The molecule has 4 N–H and O–H groups in total. The van der Waals surface area contributed by atoms with Crippen LogP contribution in [-0.4, -0.2) is 84.9 Å². The van der Waals surface area contributed by atoms with Crippen molar-refractivity contribution < 1.29 is 71.9 Å². The van der Waals surface area contributed by atoms with E-state index in [9.17, 15) is 50.6 Å². The highest BCUT2D eigenvalue weighted by atomic mass is 17.0. The predicted octanol–water partition coefficient (Wildman–Crippen LogP) is -3.32. The van der Waals surface area contributed by atoms with Crippen LogP contribution in [0.25, 0.3) is 0 Å². The third-order valence-electron chi connectivity index (χ3n) is 1.77. The first-order valence-corrected chi connectivity index (χ1v) is 6.59. The number of hydrogen-bond donors (Lipinski definition) is 2. The molecule has 32 heavy (non-hydrogen) atoms. The van der Waals surface area contributed by atoms with Crippen LogP contribution in [-0.2, 0) is 24.2 Å². The van der Waals surface area contributed by atoms with Gasteiger partial charge in [0.05, 0.1) is 6.61 Å². The standard InChI is InChI=1S/C3H5N3O9.C3H6N2O7.HNO3.H2O/c7-4(8)13-1-3(15-6(11)12)2-14-5(9)10;6-1-3(12-5(9)10)2-11-4(7)8;2-1(3)4;/h3H,1-2H2;3,6H,1-2H2;(H,2,3,4);1H2/p+1. The lowest BCUT2D eigenvalue weighted by Gasteiger charge is -2.11. The maximum Gasteiger partial charge on any atom is 1.00 e. The molecule has 0 aliphatic carbocycles. The number of nitrogens with zero attached hydrogens (tertiary/aromatic N) is 6. The number of aliphatic hydroxyl groups is 1. The van der Waals surface area contributed by atoms with Gasteiger partial charge >= 0.3 is 1.43 Å². The van der Waals surface area contributed by atoms with Gasteiger partial charge in [0, 0.05) is 0 Å². The predicted molar refractivity (Wildman–Crippen MR) is 83.2 cm³/mol. The Morgan fingerprint density at radius 2 is 0.875 bits per heavy atom. The zero-order chi connectivity index (χ0) is 25.0. The highest BCUT2D eigenvalue weighted by molar-refractivity contribution is 4.49. The van der Waals surface area contributed by atoms with Crippen molar-refractivity contribution in [2.24, 2.45) is 0 Å². The minimum atomic E-state index is -1.55. The summed E-state index contributed by atoms with van der Waals surface area (Å²) in [5.74, 6) is 0. The van der Waals surface area contributed by atoms with Crippen molar-refractivity contribution in [1.82, 2.24) is 0 Å². The molecule has 1 unspecified atom stereocenters. The molecule has 0 saturated heterocycles. The molecule has 0 aromatic carbocycles. The zero-order valence-corrected chi connectivity index (χ0v) is 15.0. The van der Waals surface area contributed by atoms with E-state index >= 15 is 0 Å². The summed E-state index contributed by atoms with van der Waals surface area (Å²) >= 11 is 0. The Kier molecular flexibility index (Phi) is 22.5. The molecule has 0 aliphatic heterocycles. The minimum absolute atomic E-state index is 0. The van der Waals surface area contributed by atoms with Crippen LogP contribution in [0.15, 0.2) is 0 Å². The third kappa shape index (κ3) is 36.1. The van der Waals surface area contributed by atoms with Gasteiger partial charge < -0.3 is 40.0 Å². The second kappa shape index (κ2) is 20.8. The van der Waals surface area contributed by atoms with Crippen LogP contribution in [0.5, 0.6) is 0 Å². The minimum Gasteiger partial charge on any atom is -0.412 e. The maximum atomic E-state index is 9.83. The average molecular weight is 491 g/mol. The summed E-state index contributed by atoms with van der Waals surface area (Å²) in [7, 11) is 0. The Morgan fingerprint density at radius 1 is 0.625 bits per heavy atom. The van der Waals surface area contributed by atoms with E-state index in [1.165, 1.54) is 0 Å². The molecule has 0 radical (unpaired) electrons. The molecular weight excluding hydrogens is 476 g/mol. The van der Waals surface area contributed by atoms with Gasteiger partial charge in [-0.1, -0.05) is 0 Å². The van der Waals surface area contributed by atoms with Crippen molar-refractivity contribution in [3.05, 3.63) is 60.7 Å². The molecule has 0 amide bonds. The molecule has 0 spiro atoms. The summed E-state index contributed by atoms with van der Waals surface area (Å²) in [6.45, 7) is -3.09. The maximum absolute atomic E-state index is 9.83. The Balaban J connectivity index is -0.000000131. The number of hydrogen-bond acceptors (Lipinski definition) is 18. The van der Waals surface area contributed by atoms with Crippen molar-refractivity contribution in [2.75, 3.05) is 26.4 Å². The summed E-state index contributed by atoms with van der Waals surface area (Å²) in [6, 6.07) is 0. The molecule has 0 aromatic rings. The SMILES string of the molecule is O.O=[N+]([O-])O.O=[N+]([O-])OCC(CO)O[N+](=O)[O-].O=[N+]([O-])OCC(CO[N+](=O)[O-])O[N+](=O)[O-].[H+]. The molecule has 0 heterocycles. The summed E-state index contributed by atoms with van der Waals surface area (Å²) < 4.78 is 0. The number of aliphatic hydroxyl groups excluding tert-OH is 1. The fourth-order valence-electron chi connectivity index (χ4n) is 0.901.